The lowest BCUT2D eigenvalue weighted by Gasteiger charge is -2.39. The largest absolute Gasteiger partial charge is 0.462 e. The summed E-state index contributed by atoms with van der Waals surface area (Å²) < 4.78 is 10.8. The highest BCUT2D eigenvalue weighted by molar-refractivity contribution is 5.88. The number of aliphatic hydroxyl groups excluding tert-OH is 1. The van der Waals surface area contributed by atoms with E-state index in [1.807, 2.05) is 0 Å². The standard InChI is InChI=1S/C37H62O5/c1-5-6-7-8-29-9-11-30(12-10-29)13-14-31-15-19-34(20-16-31)35-21-17-32(18-22-35)23-33(25-41-36(39)27(2)3)26-42-37(40)28(4)24-38/h29-35,38H,2,4-26H2,1,3H3. The molecule has 0 aromatic carbocycles. The van der Waals surface area contributed by atoms with E-state index in [2.05, 4.69) is 20.1 Å². The minimum atomic E-state index is -0.585. The van der Waals surface area contributed by atoms with Crippen molar-refractivity contribution in [3.05, 3.63) is 24.3 Å². The maximum atomic E-state index is 12.0. The zero-order valence-electron chi connectivity index (χ0n) is 27.1. The Hall–Kier alpha value is -1.62. The molecule has 42 heavy (non-hydrogen) atoms. The molecule has 0 aliphatic heterocycles. The molecule has 1 atom stereocenters. The highest BCUT2D eigenvalue weighted by Gasteiger charge is 2.32. The van der Waals surface area contributed by atoms with Crippen molar-refractivity contribution in [2.75, 3.05) is 19.8 Å². The summed E-state index contributed by atoms with van der Waals surface area (Å²) >= 11 is 0. The quantitative estimate of drug-likeness (QED) is 0.105. The van der Waals surface area contributed by atoms with Crippen LogP contribution in [0.25, 0.3) is 0 Å². The number of esters is 2. The fourth-order valence-electron chi connectivity index (χ4n) is 8.14. The Balaban J connectivity index is 1.33. The van der Waals surface area contributed by atoms with Crippen molar-refractivity contribution in [2.45, 2.75) is 136 Å². The SMILES string of the molecule is C=C(C)C(=O)OCC(COC(=O)C(=C)CO)CC1CCC(C2CCC(CCC3CCC(CCCCC)CC3)CC2)CC1. The molecule has 0 bridgehead atoms. The van der Waals surface area contributed by atoms with E-state index in [9.17, 15) is 9.59 Å². The van der Waals surface area contributed by atoms with Gasteiger partial charge >= 0.3 is 11.9 Å². The summed E-state index contributed by atoms with van der Waals surface area (Å²) in [4.78, 5) is 24.0. The monoisotopic (exact) mass is 586 g/mol. The first-order chi connectivity index (χ1) is 20.3. The lowest BCUT2D eigenvalue weighted by Crippen LogP contribution is -2.29. The van der Waals surface area contributed by atoms with Gasteiger partial charge in [0.2, 0.25) is 0 Å². The molecule has 0 aromatic heterocycles. The van der Waals surface area contributed by atoms with Crippen LogP contribution in [0.4, 0.5) is 0 Å². The number of aliphatic hydroxyl groups is 1. The molecule has 0 spiro atoms. The topological polar surface area (TPSA) is 72.8 Å². The summed E-state index contributed by atoms with van der Waals surface area (Å²) in [7, 11) is 0. The highest BCUT2D eigenvalue weighted by Crippen LogP contribution is 2.44. The van der Waals surface area contributed by atoms with Crippen molar-refractivity contribution < 1.29 is 24.2 Å². The molecule has 240 valence electrons. The van der Waals surface area contributed by atoms with Gasteiger partial charge in [-0.1, -0.05) is 110 Å². The third kappa shape index (κ3) is 12.2. The molecule has 3 saturated carbocycles. The second kappa shape index (κ2) is 18.9. The fraction of sp³-hybridized carbons (Fsp3) is 0.838. The van der Waals surface area contributed by atoms with E-state index >= 15 is 0 Å². The summed E-state index contributed by atoms with van der Waals surface area (Å²) in [6.45, 7) is 11.1. The van der Waals surface area contributed by atoms with Crippen LogP contribution in [-0.4, -0.2) is 36.9 Å². The Morgan fingerprint density at radius 3 is 1.62 bits per heavy atom. The number of carbonyl (C=O) groups is 2. The Labute approximate surface area is 257 Å². The number of hydrogen-bond donors (Lipinski definition) is 1. The van der Waals surface area contributed by atoms with Gasteiger partial charge in [-0.2, -0.15) is 0 Å². The van der Waals surface area contributed by atoms with Gasteiger partial charge in [0.05, 0.1) is 25.4 Å². The predicted molar refractivity (Wildman–Crippen MR) is 171 cm³/mol. The zero-order valence-corrected chi connectivity index (χ0v) is 27.1. The molecule has 0 heterocycles. The molecule has 0 amide bonds. The Morgan fingerprint density at radius 1 is 0.690 bits per heavy atom. The average molecular weight is 587 g/mol. The first-order valence-corrected chi connectivity index (χ1v) is 17.6. The van der Waals surface area contributed by atoms with E-state index in [-0.39, 0.29) is 24.7 Å². The van der Waals surface area contributed by atoms with Gasteiger partial charge in [-0.05, 0) is 74.5 Å². The fourth-order valence-corrected chi connectivity index (χ4v) is 8.14. The first kappa shape index (κ1) is 34.9. The normalized spacial score (nSPS) is 28.9. The van der Waals surface area contributed by atoms with Crippen molar-refractivity contribution >= 4 is 11.9 Å². The van der Waals surface area contributed by atoms with E-state index in [4.69, 9.17) is 14.6 Å². The third-order valence-corrected chi connectivity index (χ3v) is 11.0. The van der Waals surface area contributed by atoms with Gasteiger partial charge in [0, 0.05) is 11.5 Å². The number of hydrogen-bond acceptors (Lipinski definition) is 5. The average Bonchev–Trinajstić information content (AvgIpc) is 3.01. The summed E-state index contributed by atoms with van der Waals surface area (Å²) in [5.74, 6) is 4.27. The molecule has 0 aromatic rings. The second-order valence-corrected chi connectivity index (χ2v) is 14.4. The van der Waals surface area contributed by atoms with E-state index in [0.717, 1.165) is 36.0 Å². The van der Waals surface area contributed by atoms with Crippen LogP contribution in [0.15, 0.2) is 24.3 Å². The maximum absolute atomic E-state index is 12.0. The maximum Gasteiger partial charge on any atom is 0.335 e. The molecule has 1 N–H and O–H groups in total. The van der Waals surface area contributed by atoms with Gasteiger partial charge in [0.25, 0.3) is 0 Å². The van der Waals surface area contributed by atoms with Gasteiger partial charge in [0.15, 0.2) is 0 Å². The van der Waals surface area contributed by atoms with Gasteiger partial charge in [-0.15, -0.1) is 0 Å². The predicted octanol–water partition coefficient (Wildman–Crippen LogP) is 8.98. The van der Waals surface area contributed by atoms with Crippen molar-refractivity contribution in [3.8, 4) is 0 Å². The van der Waals surface area contributed by atoms with Crippen LogP contribution in [0.2, 0.25) is 0 Å². The number of carbonyl (C=O) groups excluding carboxylic acids is 2. The summed E-state index contributed by atoms with van der Waals surface area (Å²) in [6, 6.07) is 0. The third-order valence-electron chi connectivity index (χ3n) is 11.0. The van der Waals surface area contributed by atoms with Crippen LogP contribution in [0.5, 0.6) is 0 Å². The second-order valence-electron chi connectivity index (χ2n) is 14.4. The molecule has 3 rings (SSSR count). The minimum Gasteiger partial charge on any atom is -0.462 e. The molecular weight excluding hydrogens is 524 g/mol. The van der Waals surface area contributed by atoms with Crippen molar-refractivity contribution in [1.29, 1.82) is 0 Å². The van der Waals surface area contributed by atoms with Crippen LogP contribution in [0.1, 0.15) is 136 Å². The smallest absolute Gasteiger partial charge is 0.335 e. The van der Waals surface area contributed by atoms with Crippen molar-refractivity contribution in [3.63, 3.8) is 0 Å². The van der Waals surface area contributed by atoms with Gasteiger partial charge in [0.1, 0.15) is 0 Å². The Morgan fingerprint density at radius 2 is 1.14 bits per heavy atom. The van der Waals surface area contributed by atoms with Crippen LogP contribution in [-0.2, 0) is 19.1 Å². The van der Waals surface area contributed by atoms with Crippen molar-refractivity contribution in [2.24, 2.45) is 41.4 Å². The molecule has 0 saturated heterocycles. The van der Waals surface area contributed by atoms with E-state index in [0.29, 0.717) is 11.5 Å². The van der Waals surface area contributed by atoms with Crippen LogP contribution in [0.3, 0.4) is 0 Å². The van der Waals surface area contributed by atoms with Crippen LogP contribution >= 0.6 is 0 Å². The van der Waals surface area contributed by atoms with Gasteiger partial charge < -0.3 is 14.6 Å². The molecule has 0 radical (unpaired) electrons. The molecular formula is C37H62O5. The van der Waals surface area contributed by atoms with Crippen LogP contribution in [0, 0.1) is 41.4 Å². The van der Waals surface area contributed by atoms with Gasteiger partial charge in [-0.25, -0.2) is 9.59 Å². The molecule has 3 aliphatic rings. The van der Waals surface area contributed by atoms with E-state index < -0.39 is 18.5 Å². The lowest BCUT2D eigenvalue weighted by molar-refractivity contribution is -0.144. The molecule has 3 aliphatic carbocycles. The van der Waals surface area contributed by atoms with E-state index in [1.165, 1.54) is 116 Å². The summed E-state index contributed by atoms with van der Waals surface area (Å²) in [5, 5.41) is 9.15. The first-order valence-electron chi connectivity index (χ1n) is 17.6. The number of unbranched alkanes of at least 4 members (excludes halogenated alkanes) is 2. The highest BCUT2D eigenvalue weighted by atomic mass is 16.5. The molecule has 5 nitrogen and oxygen atoms in total. The summed E-state index contributed by atoms with van der Waals surface area (Å²) in [6.07, 6.45) is 26.2. The van der Waals surface area contributed by atoms with Crippen molar-refractivity contribution in [1.82, 2.24) is 0 Å². The Bertz CT molecular complexity index is 825. The molecule has 5 heteroatoms. The number of rotatable bonds is 17. The molecule has 3 fully saturated rings. The van der Waals surface area contributed by atoms with E-state index in [1.54, 1.807) is 6.92 Å². The van der Waals surface area contributed by atoms with Gasteiger partial charge in [-0.3, -0.25) is 0 Å². The Kier molecular flexibility index (Phi) is 15.7. The minimum absolute atomic E-state index is 0.0446. The lowest BCUT2D eigenvalue weighted by atomic mass is 9.67. The zero-order chi connectivity index (χ0) is 30.3. The molecule has 1 unspecified atom stereocenters. The summed E-state index contributed by atoms with van der Waals surface area (Å²) in [5.41, 5.74) is 0.415. The van der Waals surface area contributed by atoms with Crippen LogP contribution < -0.4 is 0 Å². The number of ether oxygens (including phenoxy) is 2.